The first-order chi connectivity index (χ1) is 7.69. The van der Waals surface area contributed by atoms with Gasteiger partial charge in [-0.25, -0.2) is 0 Å². The Labute approximate surface area is 117 Å². The molecule has 1 N–H and O–H groups in total. The van der Waals surface area contributed by atoms with Crippen LogP contribution in [0.2, 0.25) is 0 Å². The van der Waals surface area contributed by atoms with E-state index in [1.807, 2.05) is 11.3 Å². The van der Waals surface area contributed by atoms with Gasteiger partial charge < -0.3 is 5.32 Å². The highest BCUT2D eigenvalue weighted by molar-refractivity contribution is 14.1. The lowest BCUT2D eigenvalue weighted by Crippen LogP contribution is -2.27. The molecule has 1 heterocycles. The molecule has 1 aromatic rings. The smallest absolute Gasteiger partial charge is 0.0656 e. The predicted octanol–water partition coefficient (Wildman–Crippen LogP) is 4.83. The molecule has 0 spiro atoms. The average Bonchev–Trinajstić information content (AvgIpc) is 2.66. The fourth-order valence-electron chi connectivity index (χ4n) is 2.06. The number of rotatable bonds is 7. The maximum atomic E-state index is 3.69. The van der Waals surface area contributed by atoms with Gasteiger partial charge in [0.25, 0.3) is 0 Å². The molecule has 1 nitrogen and oxygen atoms in total. The summed E-state index contributed by atoms with van der Waals surface area (Å²) in [6, 6.07) is 2.87. The predicted molar refractivity (Wildman–Crippen MR) is 82.1 cm³/mol. The molecule has 0 bridgehead atoms. The van der Waals surface area contributed by atoms with Gasteiger partial charge in [-0.1, -0.05) is 27.2 Å². The van der Waals surface area contributed by atoms with Crippen LogP contribution in [0.4, 0.5) is 0 Å². The van der Waals surface area contributed by atoms with Gasteiger partial charge in [0.2, 0.25) is 0 Å². The summed E-state index contributed by atoms with van der Waals surface area (Å²) in [4.78, 5) is 0. The van der Waals surface area contributed by atoms with E-state index in [1.54, 1.807) is 0 Å². The molecule has 0 aliphatic heterocycles. The Bertz CT molecular complexity index is 298. The quantitative estimate of drug-likeness (QED) is 0.694. The molecular formula is C13H22INS. The fourth-order valence-corrected chi connectivity index (χ4v) is 3.46. The van der Waals surface area contributed by atoms with Crippen molar-refractivity contribution < 1.29 is 0 Å². The molecule has 0 saturated carbocycles. The lowest BCUT2D eigenvalue weighted by molar-refractivity contribution is 0.364. The second-order valence-corrected chi connectivity index (χ2v) is 7.19. The van der Waals surface area contributed by atoms with E-state index in [0.717, 1.165) is 12.5 Å². The molecule has 0 fully saturated rings. The van der Waals surface area contributed by atoms with Gasteiger partial charge in [-0.3, -0.25) is 0 Å². The summed E-state index contributed by atoms with van der Waals surface area (Å²) in [5.74, 6) is 0.724. The SMILES string of the molecule is CCCNC(c1csc(I)c1)C(C)CCC. The maximum Gasteiger partial charge on any atom is 0.0656 e. The number of halogens is 1. The van der Waals surface area contributed by atoms with Crippen molar-refractivity contribution in [3.63, 3.8) is 0 Å². The van der Waals surface area contributed by atoms with Gasteiger partial charge >= 0.3 is 0 Å². The van der Waals surface area contributed by atoms with E-state index in [4.69, 9.17) is 0 Å². The maximum absolute atomic E-state index is 3.69. The number of nitrogens with one attached hydrogen (secondary N) is 1. The minimum Gasteiger partial charge on any atom is -0.310 e. The van der Waals surface area contributed by atoms with Crippen LogP contribution in [0.1, 0.15) is 51.6 Å². The molecule has 0 radical (unpaired) electrons. The van der Waals surface area contributed by atoms with E-state index in [1.165, 1.54) is 27.7 Å². The van der Waals surface area contributed by atoms with Crippen LogP contribution in [0.5, 0.6) is 0 Å². The third-order valence-electron chi connectivity index (χ3n) is 2.87. The summed E-state index contributed by atoms with van der Waals surface area (Å²) in [5, 5.41) is 5.99. The van der Waals surface area contributed by atoms with Gasteiger partial charge in [0.05, 0.1) is 2.88 Å². The zero-order valence-corrected chi connectivity index (χ0v) is 13.4. The molecule has 92 valence electrons. The van der Waals surface area contributed by atoms with E-state index < -0.39 is 0 Å². The second-order valence-electron chi connectivity index (χ2n) is 4.38. The zero-order valence-electron chi connectivity index (χ0n) is 10.4. The van der Waals surface area contributed by atoms with E-state index in [2.05, 4.69) is 60.1 Å². The Morgan fingerprint density at radius 1 is 1.38 bits per heavy atom. The third kappa shape index (κ3) is 4.34. The molecule has 16 heavy (non-hydrogen) atoms. The first kappa shape index (κ1) is 14.5. The van der Waals surface area contributed by atoms with Gasteiger partial charge in [0.1, 0.15) is 0 Å². The van der Waals surface area contributed by atoms with E-state index in [9.17, 15) is 0 Å². The van der Waals surface area contributed by atoms with Crippen LogP contribution >= 0.6 is 33.9 Å². The molecule has 3 heteroatoms. The van der Waals surface area contributed by atoms with Crippen LogP contribution < -0.4 is 5.32 Å². The van der Waals surface area contributed by atoms with Gasteiger partial charge in [0.15, 0.2) is 0 Å². The number of hydrogen-bond donors (Lipinski definition) is 1. The van der Waals surface area contributed by atoms with Crippen LogP contribution in [-0.4, -0.2) is 6.54 Å². The Morgan fingerprint density at radius 3 is 2.62 bits per heavy atom. The first-order valence-electron chi connectivity index (χ1n) is 6.16. The number of hydrogen-bond acceptors (Lipinski definition) is 2. The summed E-state index contributed by atoms with van der Waals surface area (Å²) in [6.07, 6.45) is 3.77. The van der Waals surface area contributed by atoms with Crippen LogP contribution in [0.25, 0.3) is 0 Å². The largest absolute Gasteiger partial charge is 0.310 e. The van der Waals surface area contributed by atoms with E-state index in [0.29, 0.717) is 6.04 Å². The lowest BCUT2D eigenvalue weighted by Gasteiger charge is -2.24. The highest BCUT2D eigenvalue weighted by atomic mass is 127. The Kier molecular flexibility index (Phi) is 6.92. The molecular weight excluding hydrogens is 329 g/mol. The van der Waals surface area contributed by atoms with Crippen molar-refractivity contribution in [1.82, 2.24) is 5.32 Å². The zero-order chi connectivity index (χ0) is 12.0. The van der Waals surface area contributed by atoms with Crippen molar-refractivity contribution in [2.45, 2.75) is 46.1 Å². The summed E-state index contributed by atoms with van der Waals surface area (Å²) in [7, 11) is 0. The van der Waals surface area contributed by atoms with Gasteiger partial charge in [-0.05, 0) is 64.9 Å². The Balaban J connectivity index is 2.69. The molecule has 0 saturated heterocycles. The normalized spacial score (nSPS) is 15.0. The molecule has 0 aliphatic rings. The standard InChI is InChI=1S/C13H22INS/c1-4-6-10(3)13(15-7-5-2)11-8-12(14)16-9-11/h8-10,13,15H,4-7H2,1-3H3. The summed E-state index contributed by atoms with van der Waals surface area (Å²) in [5.41, 5.74) is 1.48. The van der Waals surface area contributed by atoms with Gasteiger partial charge in [-0.15, -0.1) is 11.3 Å². The summed E-state index contributed by atoms with van der Waals surface area (Å²) in [6.45, 7) is 7.98. The van der Waals surface area contributed by atoms with Crippen LogP contribution in [-0.2, 0) is 0 Å². The van der Waals surface area contributed by atoms with Gasteiger partial charge in [0, 0.05) is 6.04 Å². The van der Waals surface area contributed by atoms with Crippen molar-refractivity contribution >= 4 is 33.9 Å². The van der Waals surface area contributed by atoms with E-state index >= 15 is 0 Å². The third-order valence-corrected chi connectivity index (χ3v) is 4.68. The highest BCUT2D eigenvalue weighted by Gasteiger charge is 2.18. The second kappa shape index (κ2) is 7.67. The lowest BCUT2D eigenvalue weighted by atomic mass is 9.92. The van der Waals surface area contributed by atoms with Gasteiger partial charge in [-0.2, -0.15) is 0 Å². The Hall–Kier alpha value is 0.390. The van der Waals surface area contributed by atoms with Crippen LogP contribution in [0.3, 0.4) is 0 Å². The monoisotopic (exact) mass is 351 g/mol. The fraction of sp³-hybridized carbons (Fsp3) is 0.692. The van der Waals surface area contributed by atoms with Crippen molar-refractivity contribution in [2.75, 3.05) is 6.54 Å². The first-order valence-corrected chi connectivity index (χ1v) is 8.12. The molecule has 0 aliphatic carbocycles. The molecule has 0 amide bonds. The average molecular weight is 351 g/mol. The summed E-state index contributed by atoms with van der Waals surface area (Å²) >= 11 is 4.26. The van der Waals surface area contributed by atoms with Crippen molar-refractivity contribution in [3.05, 3.63) is 19.9 Å². The van der Waals surface area contributed by atoms with Crippen LogP contribution in [0, 0.1) is 8.80 Å². The summed E-state index contributed by atoms with van der Waals surface area (Å²) < 4.78 is 1.39. The minimum absolute atomic E-state index is 0.541. The van der Waals surface area contributed by atoms with Crippen LogP contribution in [0.15, 0.2) is 11.4 Å². The Morgan fingerprint density at radius 2 is 2.12 bits per heavy atom. The molecule has 1 rings (SSSR count). The molecule has 2 atom stereocenters. The highest BCUT2D eigenvalue weighted by Crippen LogP contribution is 2.29. The topological polar surface area (TPSA) is 12.0 Å². The van der Waals surface area contributed by atoms with Crippen molar-refractivity contribution in [3.8, 4) is 0 Å². The molecule has 2 unspecified atom stereocenters. The van der Waals surface area contributed by atoms with Crippen molar-refractivity contribution in [2.24, 2.45) is 5.92 Å². The number of thiophene rings is 1. The molecule has 1 aromatic heterocycles. The minimum atomic E-state index is 0.541. The molecule has 0 aromatic carbocycles. The van der Waals surface area contributed by atoms with Crippen molar-refractivity contribution in [1.29, 1.82) is 0 Å². The van der Waals surface area contributed by atoms with E-state index in [-0.39, 0.29) is 0 Å².